The van der Waals surface area contributed by atoms with E-state index in [2.05, 4.69) is 22.9 Å². The van der Waals surface area contributed by atoms with Crippen LogP contribution in [0.25, 0.3) is 0 Å². The van der Waals surface area contributed by atoms with Gasteiger partial charge in [0.25, 0.3) is 0 Å². The molecule has 0 radical (unpaired) electrons. The van der Waals surface area contributed by atoms with Gasteiger partial charge in [0.05, 0.1) is 18.9 Å². The summed E-state index contributed by atoms with van der Waals surface area (Å²) in [5.41, 5.74) is 7.12. The summed E-state index contributed by atoms with van der Waals surface area (Å²) in [6.45, 7) is 6.56. The first kappa shape index (κ1) is 12.5. The fraction of sp³-hybridized carbons (Fsp3) is 0.615. The molecule has 1 fully saturated rings. The predicted octanol–water partition coefficient (Wildman–Crippen LogP) is 0.877. The van der Waals surface area contributed by atoms with Crippen molar-refractivity contribution in [3.8, 4) is 0 Å². The van der Waals surface area contributed by atoms with Gasteiger partial charge in [-0.3, -0.25) is 9.88 Å². The van der Waals surface area contributed by atoms with Gasteiger partial charge in [0.15, 0.2) is 0 Å². The first-order chi connectivity index (χ1) is 8.29. The Morgan fingerprint density at radius 3 is 2.94 bits per heavy atom. The van der Waals surface area contributed by atoms with Crippen molar-refractivity contribution in [1.29, 1.82) is 0 Å². The van der Waals surface area contributed by atoms with Crippen molar-refractivity contribution in [1.82, 2.24) is 9.88 Å². The molecular formula is C13H21N3O. The van der Waals surface area contributed by atoms with Crippen LogP contribution >= 0.6 is 0 Å². The molecule has 4 heteroatoms. The second-order valence-corrected chi connectivity index (χ2v) is 4.61. The summed E-state index contributed by atoms with van der Waals surface area (Å²) in [5, 5.41) is 0. The van der Waals surface area contributed by atoms with Gasteiger partial charge in [-0.25, -0.2) is 0 Å². The van der Waals surface area contributed by atoms with Crippen molar-refractivity contribution in [2.75, 3.05) is 26.3 Å². The van der Waals surface area contributed by atoms with E-state index in [1.165, 1.54) is 0 Å². The van der Waals surface area contributed by atoms with Gasteiger partial charge in [-0.2, -0.15) is 0 Å². The number of nitrogens with zero attached hydrogens (tertiary/aromatic N) is 2. The SMILES string of the molecule is CCN(Cc1ccccn1)CC1COCC1N. The van der Waals surface area contributed by atoms with Crippen molar-refractivity contribution in [2.24, 2.45) is 11.7 Å². The van der Waals surface area contributed by atoms with Crippen molar-refractivity contribution >= 4 is 0 Å². The molecule has 0 aliphatic carbocycles. The van der Waals surface area contributed by atoms with Gasteiger partial charge in [-0.1, -0.05) is 13.0 Å². The van der Waals surface area contributed by atoms with Crippen molar-refractivity contribution in [3.63, 3.8) is 0 Å². The summed E-state index contributed by atoms with van der Waals surface area (Å²) in [7, 11) is 0. The molecular weight excluding hydrogens is 214 g/mol. The number of pyridine rings is 1. The Morgan fingerprint density at radius 2 is 2.35 bits per heavy atom. The largest absolute Gasteiger partial charge is 0.379 e. The van der Waals surface area contributed by atoms with E-state index in [-0.39, 0.29) is 6.04 Å². The second kappa shape index (κ2) is 6.10. The summed E-state index contributed by atoms with van der Waals surface area (Å²) < 4.78 is 5.40. The number of ether oxygens (including phenoxy) is 1. The molecule has 1 aliphatic heterocycles. The Morgan fingerprint density at radius 1 is 1.47 bits per heavy atom. The minimum Gasteiger partial charge on any atom is -0.379 e. The quantitative estimate of drug-likeness (QED) is 0.823. The average Bonchev–Trinajstić information content (AvgIpc) is 2.75. The molecule has 2 N–H and O–H groups in total. The van der Waals surface area contributed by atoms with Crippen LogP contribution in [-0.2, 0) is 11.3 Å². The fourth-order valence-electron chi connectivity index (χ4n) is 2.16. The lowest BCUT2D eigenvalue weighted by Gasteiger charge is -2.24. The van der Waals surface area contributed by atoms with E-state index in [1.54, 1.807) is 0 Å². The molecule has 1 aliphatic rings. The molecule has 4 nitrogen and oxygen atoms in total. The van der Waals surface area contributed by atoms with Crippen LogP contribution in [-0.4, -0.2) is 42.2 Å². The van der Waals surface area contributed by atoms with E-state index < -0.39 is 0 Å². The number of aromatic nitrogens is 1. The Kier molecular flexibility index (Phi) is 4.48. The second-order valence-electron chi connectivity index (χ2n) is 4.61. The van der Waals surface area contributed by atoms with E-state index in [4.69, 9.17) is 10.5 Å². The molecule has 0 amide bonds. The molecule has 17 heavy (non-hydrogen) atoms. The van der Waals surface area contributed by atoms with Crippen molar-refractivity contribution in [3.05, 3.63) is 30.1 Å². The minimum absolute atomic E-state index is 0.188. The van der Waals surface area contributed by atoms with Gasteiger partial charge in [-0.05, 0) is 18.7 Å². The van der Waals surface area contributed by atoms with Crippen LogP contribution in [0, 0.1) is 5.92 Å². The third kappa shape index (κ3) is 3.49. The van der Waals surface area contributed by atoms with Crippen LogP contribution in [0.5, 0.6) is 0 Å². The third-order valence-electron chi connectivity index (χ3n) is 3.30. The lowest BCUT2D eigenvalue weighted by atomic mass is 10.0. The Hall–Kier alpha value is -0.970. The maximum atomic E-state index is 6.01. The van der Waals surface area contributed by atoms with Gasteiger partial charge in [-0.15, -0.1) is 0 Å². The van der Waals surface area contributed by atoms with Gasteiger partial charge >= 0.3 is 0 Å². The highest BCUT2D eigenvalue weighted by Gasteiger charge is 2.26. The molecule has 2 rings (SSSR count). The standard InChI is InChI=1S/C13H21N3O/c1-2-16(7-11-9-17-10-13(11)14)8-12-5-3-4-6-15-12/h3-6,11,13H,2,7-10,14H2,1H3. The molecule has 0 spiro atoms. The van der Waals surface area contributed by atoms with Gasteiger partial charge in [0.2, 0.25) is 0 Å². The van der Waals surface area contributed by atoms with Crippen LogP contribution in [0.15, 0.2) is 24.4 Å². The molecule has 2 unspecified atom stereocenters. The zero-order valence-electron chi connectivity index (χ0n) is 10.4. The first-order valence-corrected chi connectivity index (χ1v) is 6.25. The van der Waals surface area contributed by atoms with Gasteiger partial charge in [0, 0.05) is 31.2 Å². The van der Waals surface area contributed by atoms with Crippen LogP contribution < -0.4 is 5.73 Å². The molecule has 1 saturated heterocycles. The summed E-state index contributed by atoms with van der Waals surface area (Å²) in [6, 6.07) is 6.22. The average molecular weight is 235 g/mol. The Bertz CT molecular complexity index is 331. The molecule has 0 saturated carbocycles. The maximum absolute atomic E-state index is 6.01. The summed E-state index contributed by atoms with van der Waals surface area (Å²) in [4.78, 5) is 6.73. The zero-order valence-corrected chi connectivity index (χ0v) is 10.4. The van der Waals surface area contributed by atoms with Gasteiger partial charge < -0.3 is 10.5 Å². The van der Waals surface area contributed by atoms with Crippen LogP contribution in [0.4, 0.5) is 0 Å². The highest BCUT2D eigenvalue weighted by molar-refractivity contribution is 5.03. The summed E-state index contributed by atoms with van der Waals surface area (Å²) in [5.74, 6) is 0.457. The minimum atomic E-state index is 0.188. The van der Waals surface area contributed by atoms with E-state index in [0.717, 1.165) is 31.9 Å². The number of nitrogens with two attached hydrogens (primary N) is 1. The topological polar surface area (TPSA) is 51.4 Å². The molecule has 94 valence electrons. The number of rotatable bonds is 5. The predicted molar refractivity (Wildman–Crippen MR) is 67.5 cm³/mol. The van der Waals surface area contributed by atoms with E-state index in [9.17, 15) is 0 Å². The lowest BCUT2D eigenvalue weighted by molar-refractivity contribution is 0.166. The summed E-state index contributed by atoms with van der Waals surface area (Å²) >= 11 is 0. The van der Waals surface area contributed by atoms with Crippen LogP contribution in [0.2, 0.25) is 0 Å². The smallest absolute Gasteiger partial charge is 0.0621 e. The molecule has 0 bridgehead atoms. The van der Waals surface area contributed by atoms with Crippen LogP contribution in [0.1, 0.15) is 12.6 Å². The molecule has 2 heterocycles. The maximum Gasteiger partial charge on any atom is 0.0621 e. The van der Waals surface area contributed by atoms with Crippen molar-refractivity contribution < 1.29 is 4.74 Å². The highest BCUT2D eigenvalue weighted by atomic mass is 16.5. The summed E-state index contributed by atoms with van der Waals surface area (Å²) in [6.07, 6.45) is 1.84. The van der Waals surface area contributed by atoms with E-state index in [1.807, 2.05) is 18.3 Å². The van der Waals surface area contributed by atoms with Crippen molar-refractivity contribution in [2.45, 2.75) is 19.5 Å². The lowest BCUT2D eigenvalue weighted by Crippen LogP contribution is -2.38. The van der Waals surface area contributed by atoms with E-state index in [0.29, 0.717) is 12.5 Å². The molecule has 1 aromatic heterocycles. The van der Waals surface area contributed by atoms with E-state index >= 15 is 0 Å². The normalized spacial score (nSPS) is 24.4. The van der Waals surface area contributed by atoms with Gasteiger partial charge in [0.1, 0.15) is 0 Å². The third-order valence-corrected chi connectivity index (χ3v) is 3.30. The molecule has 2 atom stereocenters. The molecule has 0 aromatic carbocycles. The molecule has 1 aromatic rings. The number of hydrogen-bond acceptors (Lipinski definition) is 4. The first-order valence-electron chi connectivity index (χ1n) is 6.25. The highest BCUT2D eigenvalue weighted by Crippen LogP contribution is 2.14. The Balaban J connectivity index is 1.88. The van der Waals surface area contributed by atoms with Crippen LogP contribution in [0.3, 0.4) is 0 Å². The fourth-order valence-corrected chi connectivity index (χ4v) is 2.16. The zero-order chi connectivity index (χ0) is 12.1. The number of hydrogen-bond donors (Lipinski definition) is 1. The Labute approximate surface area is 103 Å². The monoisotopic (exact) mass is 235 g/mol.